The minimum atomic E-state index is -0.214. The molecule has 27 heavy (non-hydrogen) atoms. The van der Waals surface area contributed by atoms with Crippen LogP contribution in [0.3, 0.4) is 0 Å². The summed E-state index contributed by atoms with van der Waals surface area (Å²) in [4.78, 5) is 13.0. The highest BCUT2D eigenvalue weighted by molar-refractivity contribution is 5.95. The molecule has 0 aliphatic rings. The number of carbonyl (C=O) groups excluding carboxylic acids is 1. The number of ether oxygens (including phenoxy) is 1. The second-order valence-corrected chi connectivity index (χ2v) is 6.64. The van der Waals surface area contributed by atoms with Crippen molar-refractivity contribution in [2.24, 2.45) is 0 Å². The van der Waals surface area contributed by atoms with Gasteiger partial charge in [-0.25, -0.2) is 0 Å². The van der Waals surface area contributed by atoms with Crippen LogP contribution in [0, 0.1) is 13.8 Å². The highest BCUT2D eigenvalue weighted by atomic mass is 16.5. The molecule has 0 saturated carbocycles. The fourth-order valence-corrected chi connectivity index (χ4v) is 3.17. The SMILES string of the molecule is CCOc1cccc(C(=O)N[C@@H](c2ccccc2)c2cc(C)ccc2C)c1. The largest absolute Gasteiger partial charge is 0.494 e. The first-order valence-corrected chi connectivity index (χ1v) is 9.24. The van der Waals surface area contributed by atoms with Crippen molar-refractivity contribution in [2.45, 2.75) is 26.8 Å². The van der Waals surface area contributed by atoms with Crippen molar-refractivity contribution >= 4 is 5.91 Å². The zero-order valence-electron chi connectivity index (χ0n) is 16.0. The molecule has 1 atom stereocenters. The Morgan fingerprint density at radius 1 is 0.963 bits per heavy atom. The fraction of sp³-hybridized carbons (Fsp3) is 0.208. The van der Waals surface area contributed by atoms with Gasteiger partial charge >= 0.3 is 0 Å². The van der Waals surface area contributed by atoms with Crippen LogP contribution in [0.25, 0.3) is 0 Å². The predicted molar refractivity (Wildman–Crippen MR) is 109 cm³/mol. The topological polar surface area (TPSA) is 38.3 Å². The molecule has 0 saturated heterocycles. The lowest BCUT2D eigenvalue weighted by atomic mass is 9.93. The van der Waals surface area contributed by atoms with Crippen LogP contribution in [-0.4, -0.2) is 12.5 Å². The molecular weight excluding hydrogens is 334 g/mol. The number of hydrogen-bond donors (Lipinski definition) is 1. The molecule has 0 aliphatic carbocycles. The Morgan fingerprint density at radius 2 is 1.74 bits per heavy atom. The molecule has 0 unspecified atom stereocenters. The molecule has 3 heteroatoms. The number of nitrogens with one attached hydrogen (secondary N) is 1. The maximum Gasteiger partial charge on any atom is 0.252 e. The summed E-state index contributed by atoms with van der Waals surface area (Å²) in [6, 6.07) is 23.5. The lowest BCUT2D eigenvalue weighted by Gasteiger charge is -2.22. The normalized spacial score (nSPS) is 11.7. The molecule has 1 N–H and O–H groups in total. The summed E-state index contributed by atoms with van der Waals surface area (Å²) in [7, 11) is 0. The lowest BCUT2D eigenvalue weighted by Crippen LogP contribution is -2.30. The molecule has 1 amide bonds. The summed E-state index contributed by atoms with van der Waals surface area (Å²) in [5.74, 6) is 0.583. The molecule has 0 radical (unpaired) electrons. The minimum absolute atomic E-state index is 0.119. The van der Waals surface area contributed by atoms with E-state index in [2.05, 4.69) is 37.4 Å². The molecule has 3 aromatic rings. The van der Waals surface area contributed by atoms with Gasteiger partial charge in [0.1, 0.15) is 5.75 Å². The Kier molecular flexibility index (Phi) is 5.92. The van der Waals surface area contributed by atoms with E-state index < -0.39 is 0 Å². The van der Waals surface area contributed by atoms with Crippen molar-refractivity contribution < 1.29 is 9.53 Å². The maximum absolute atomic E-state index is 13.0. The summed E-state index contributed by atoms with van der Waals surface area (Å²) in [5.41, 5.74) is 5.07. The van der Waals surface area contributed by atoms with Crippen molar-refractivity contribution in [3.05, 3.63) is 101 Å². The third-order valence-corrected chi connectivity index (χ3v) is 4.56. The first-order valence-electron chi connectivity index (χ1n) is 9.24. The number of aryl methyl sites for hydroxylation is 2. The van der Waals surface area contributed by atoms with Gasteiger partial charge in [-0.15, -0.1) is 0 Å². The number of hydrogen-bond acceptors (Lipinski definition) is 2. The number of carbonyl (C=O) groups is 1. The van der Waals surface area contributed by atoms with Gasteiger partial charge in [0.2, 0.25) is 0 Å². The zero-order chi connectivity index (χ0) is 19.2. The monoisotopic (exact) mass is 359 g/mol. The van der Waals surface area contributed by atoms with Crippen LogP contribution >= 0.6 is 0 Å². The minimum Gasteiger partial charge on any atom is -0.494 e. The third kappa shape index (κ3) is 4.56. The summed E-state index contributed by atoms with van der Waals surface area (Å²) in [6.45, 7) is 6.64. The average Bonchev–Trinajstić information content (AvgIpc) is 2.69. The van der Waals surface area contributed by atoms with E-state index in [4.69, 9.17) is 4.74 Å². The third-order valence-electron chi connectivity index (χ3n) is 4.56. The number of rotatable bonds is 6. The predicted octanol–water partition coefficient (Wildman–Crippen LogP) is 5.22. The standard InChI is InChI=1S/C24H25NO2/c1-4-27-21-12-8-11-20(16-21)24(26)25-23(19-9-6-5-7-10-19)22-15-17(2)13-14-18(22)3/h5-16,23H,4H2,1-3H3,(H,25,26)/t23-/m0/s1. The lowest BCUT2D eigenvalue weighted by molar-refractivity contribution is 0.0942. The fourth-order valence-electron chi connectivity index (χ4n) is 3.17. The number of amides is 1. The molecular formula is C24H25NO2. The van der Waals surface area contributed by atoms with Crippen molar-refractivity contribution in [3.63, 3.8) is 0 Å². The Labute approximate surface area is 161 Å². The quantitative estimate of drug-likeness (QED) is 0.655. The summed E-state index contributed by atoms with van der Waals surface area (Å²) >= 11 is 0. The average molecular weight is 359 g/mol. The molecule has 0 fully saturated rings. The Hall–Kier alpha value is -3.07. The van der Waals surface area contributed by atoms with E-state index >= 15 is 0 Å². The molecule has 0 spiro atoms. The summed E-state index contributed by atoms with van der Waals surface area (Å²) < 4.78 is 5.53. The van der Waals surface area contributed by atoms with Crippen molar-refractivity contribution in [1.29, 1.82) is 0 Å². The first-order chi connectivity index (χ1) is 13.1. The van der Waals surface area contributed by atoms with Gasteiger partial charge in [0.15, 0.2) is 0 Å². The van der Waals surface area contributed by atoms with Crippen molar-refractivity contribution in [3.8, 4) is 5.75 Å². The highest BCUT2D eigenvalue weighted by Crippen LogP contribution is 2.26. The molecule has 0 bridgehead atoms. The molecule has 3 aromatic carbocycles. The van der Waals surface area contributed by atoms with Crippen LogP contribution in [0.1, 0.15) is 45.6 Å². The summed E-state index contributed by atoms with van der Waals surface area (Å²) in [5, 5.41) is 3.21. The van der Waals surface area contributed by atoms with Gasteiger partial charge in [0, 0.05) is 5.56 Å². The Bertz CT molecular complexity index is 919. The number of benzene rings is 3. The molecule has 0 aliphatic heterocycles. The van der Waals surface area contributed by atoms with Crippen LogP contribution in [0.15, 0.2) is 72.8 Å². The van der Waals surface area contributed by atoms with Crippen LogP contribution in [0.4, 0.5) is 0 Å². The van der Waals surface area contributed by atoms with Gasteiger partial charge in [0.25, 0.3) is 5.91 Å². The van der Waals surface area contributed by atoms with E-state index in [-0.39, 0.29) is 11.9 Å². The van der Waals surface area contributed by atoms with Gasteiger partial charge in [-0.3, -0.25) is 4.79 Å². The smallest absolute Gasteiger partial charge is 0.252 e. The van der Waals surface area contributed by atoms with Crippen molar-refractivity contribution in [2.75, 3.05) is 6.61 Å². The molecule has 3 rings (SSSR count). The van der Waals surface area contributed by atoms with E-state index in [0.29, 0.717) is 17.9 Å². The highest BCUT2D eigenvalue weighted by Gasteiger charge is 2.20. The van der Waals surface area contributed by atoms with E-state index in [1.807, 2.05) is 55.5 Å². The van der Waals surface area contributed by atoms with E-state index in [9.17, 15) is 4.79 Å². The van der Waals surface area contributed by atoms with Gasteiger partial charge in [-0.1, -0.05) is 60.2 Å². The second-order valence-electron chi connectivity index (χ2n) is 6.64. The Balaban J connectivity index is 1.96. The second kappa shape index (κ2) is 8.54. The van der Waals surface area contributed by atoms with Crippen LogP contribution in [0.5, 0.6) is 5.75 Å². The first kappa shape index (κ1) is 18.7. The van der Waals surface area contributed by atoms with Crippen LogP contribution < -0.4 is 10.1 Å². The zero-order valence-corrected chi connectivity index (χ0v) is 16.0. The molecule has 0 aromatic heterocycles. The van der Waals surface area contributed by atoms with Gasteiger partial charge in [-0.2, -0.15) is 0 Å². The van der Waals surface area contributed by atoms with E-state index in [1.54, 1.807) is 6.07 Å². The van der Waals surface area contributed by atoms with E-state index in [0.717, 1.165) is 16.7 Å². The van der Waals surface area contributed by atoms with Crippen LogP contribution in [-0.2, 0) is 0 Å². The molecule has 0 heterocycles. The van der Waals surface area contributed by atoms with Crippen LogP contribution in [0.2, 0.25) is 0 Å². The van der Waals surface area contributed by atoms with Crippen molar-refractivity contribution in [1.82, 2.24) is 5.32 Å². The maximum atomic E-state index is 13.0. The van der Waals surface area contributed by atoms with Gasteiger partial charge in [-0.05, 0) is 55.7 Å². The van der Waals surface area contributed by atoms with Gasteiger partial charge < -0.3 is 10.1 Å². The summed E-state index contributed by atoms with van der Waals surface area (Å²) in [6.07, 6.45) is 0. The molecule has 3 nitrogen and oxygen atoms in total. The van der Waals surface area contributed by atoms with Gasteiger partial charge in [0.05, 0.1) is 12.6 Å². The Morgan fingerprint density at radius 3 is 2.48 bits per heavy atom. The van der Waals surface area contributed by atoms with E-state index in [1.165, 1.54) is 5.56 Å². The molecule has 138 valence electrons.